The summed E-state index contributed by atoms with van der Waals surface area (Å²) in [5, 5.41) is 4.69. The second-order valence-corrected chi connectivity index (χ2v) is 6.75. The minimum absolute atomic E-state index is 0.170. The van der Waals surface area contributed by atoms with Crippen molar-refractivity contribution >= 4 is 11.0 Å². The van der Waals surface area contributed by atoms with E-state index >= 15 is 0 Å². The van der Waals surface area contributed by atoms with Gasteiger partial charge in [-0.25, -0.2) is 0 Å². The molecule has 0 fully saturated rings. The number of aryl methyl sites for hydroxylation is 2. The van der Waals surface area contributed by atoms with Gasteiger partial charge in [-0.1, -0.05) is 33.8 Å². The molecular formula is C18H27NO. The first-order valence-corrected chi connectivity index (χ1v) is 7.58. The molecule has 0 saturated heterocycles. The number of hydrogen-bond acceptors (Lipinski definition) is 2. The predicted octanol–water partition coefficient (Wildman–Crippen LogP) is 4.85. The zero-order chi connectivity index (χ0) is 14.9. The zero-order valence-electron chi connectivity index (χ0n) is 13.7. The smallest absolute Gasteiger partial charge is 0.137 e. The maximum atomic E-state index is 6.08. The van der Waals surface area contributed by atoms with E-state index in [1.807, 2.05) is 0 Å². The summed E-state index contributed by atoms with van der Waals surface area (Å²) >= 11 is 0. The number of hydrogen-bond donors (Lipinski definition) is 1. The molecule has 0 spiro atoms. The van der Waals surface area contributed by atoms with Gasteiger partial charge in [0.2, 0.25) is 0 Å². The molecule has 0 aliphatic carbocycles. The Morgan fingerprint density at radius 1 is 1.15 bits per heavy atom. The first kappa shape index (κ1) is 15.1. The maximum Gasteiger partial charge on any atom is 0.137 e. The molecule has 20 heavy (non-hydrogen) atoms. The lowest BCUT2D eigenvalue weighted by atomic mass is 9.85. The Morgan fingerprint density at radius 3 is 2.45 bits per heavy atom. The van der Waals surface area contributed by atoms with E-state index in [1.165, 1.54) is 22.1 Å². The fraction of sp³-hybridized carbons (Fsp3) is 0.556. The average molecular weight is 273 g/mol. The zero-order valence-corrected chi connectivity index (χ0v) is 13.7. The molecule has 0 saturated carbocycles. The summed E-state index contributed by atoms with van der Waals surface area (Å²) in [6, 6.07) is 4.55. The van der Waals surface area contributed by atoms with Crippen LogP contribution < -0.4 is 5.32 Å². The monoisotopic (exact) mass is 273 g/mol. The molecule has 1 N–H and O–H groups in total. The van der Waals surface area contributed by atoms with Crippen molar-refractivity contribution in [3.05, 3.63) is 34.6 Å². The second-order valence-electron chi connectivity index (χ2n) is 6.75. The minimum atomic E-state index is 0.170. The fourth-order valence-corrected chi connectivity index (χ4v) is 2.52. The van der Waals surface area contributed by atoms with Gasteiger partial charge in [0.25, 0.3) is 0 Å². The van der Waals surface area contributed by atoms with Crippen molar-refractivity contribution in [1.29, 1.82) is 0 Å². The predicted molar refractivity (Wildman–Crippen MR) is 86.4 cm³/mol. The van der Waals surface area contributed by atoms with Crippen molar-refractivity contribution in [2.45, 2.75) is 59.9 Å². The highest BCUT2D eigenvalue weighted by molar-refractivity contribution is 5.85. The summed E-state index contributed by atoms with van der Waals surface area (Å²) in [5.41, 5.74) is 5.10. The molecule has 0 atom stereocenters. The second kappa shape index (κ2) is 5.61. The van der Waals surface area contributed by atoms with Gasteiger partial charge in [0.15, 0.2) is 0 Å². The van der Waals surface area contributed by atoms with E-state index in [9.17, 15) is 0 Å². The van der Waals surface area contributed by atoms with Gasteiger partial charge in [0.1, 0.15) is 11.3 Å². The van der Waals surface area contributed by atoms with Gasteiger partial charge in [0, 0.05) is 5.39 Å². The molecule has 2 aromatic rings. The number of furan rings is 1. The molecule has 2 rings (SSSR count). The van der Waals surface area contributed by atoms with Crippen molar-refractivity contribution < 1.29 is 4.42 Å². The van der Waals surface area contributed by atoms with Crippen LogP contribution in [0.4, 0.5) is 0 Å². The van der Waals surface area contributed by atoms with Crippen molar-refractivity contribution in [2.75, 3.05) is 6.54 Å². The van der Waals surface area contributed by atoms with E-state index in [0.717, 1.165) is 30.9 Å². The molecule has 0 bridgehead atoms. The third-order valence-corrected chi connectivity index (χ3v) is 3.90. The van der Waals surface area contributed by atoms with Crippen LogP contribution in [0.1, 0.15) is 56.6 Å². The molecule has 110 valence electrons. The number of fused-ring (bicyclic) bond motifs is 1. The Morgan fingerprint density at radius 2 is 1.85 bits per heavy atom. The normalized spacial score (nSPS) is 12.3. The van der Waals surface area contributed by atoms with Crippen molar-refractivity contribution in [1.82, 2.24) is 5.32 Å². The lowest BCUT2D eigenvalue weighted by Gasteiger charge is -2.19. The Labute approximate surface area is 122 Å². The Balaban J connectivity index is 2.46. The summed E-state index contributed by atoms with van der Waals surface area (Å²) in [6.45, 7) is 15.1. The molecule has 2 nitrogen and oxygen atoms in total. The summed E-state index contributed by atoms with van der Waals surface area (Å²) < 4.78 is 6.08. The van der Waals surface area contributed by atoms with Gasteiger partial charge >= 0.3 is 0 Å². The van der Waals surface area contributed by atoms with Crippen LogP contribution in [0.25, 0.3) is 11.0 Å². The molecule has 0 aliphatic heterocycles. The van der Waals surface area contributed by atoms with Crippen LogP contribution in [0.15, 0.2) is 16.5 Å². The van der Waals surface area contributed by atoms with E-state index in [1.54, 1.807) is 0 Å². The molecule has 0 radical (unpaired) electrons. The maximum absolute atomic E-state index is 6.08. The fourth-order valence-electron chi connectivity index (χ4n) is 2.52. The standard InChI is InChI=1S/C18H27NO/c1-7-8-19-11-16-13(3)15-10-14(18(4,5)6)9-12(2)17(15)20-16/h9-10,19H,7-8,11H2,1-6H3. The van der Waals surface area contributed by atoms with Crippen LogP contribution in [-0.4, -0.2) is 6.54 Å². The molecule has 2 heteroatoms. The molecule has 0 amide bonds. The van der Waals surface area contributed by atoms with E-state index in [4.69, 9.17) is 4.42 Å². The number of nitrogens with one attached hydrogen (secondary N) is 1. The van der Waals surface area contributed by atoms with Crippen molar-refractivity contribution in [3.63, 3.8) is 0 Å². The third-order valence-electron chi connectivity index (χ3n) is 3.90. The van der Waals surface area contributed by atoms with Gasteiger partial charge in [-0.05, 0) is 55.0 Å². The summed E-state index contributed by atoms with van der Waals surface area (Å²) in [4.78, 5) is 0. The lowest BCUT2D eigenvalue weighted by molar-refractivity contribution is 0.508. The molecular weight excluding hydrogens is 246 g/mol. The van der Waals surface area contributed by atoms with Crippen LogP contribution in [0, 0.1) is 13.8 Å². The summed E-state index contributed by atoms with van der Waals surface area (Å²) in [5.74, 6) is 1.07. The minimum Gasteiger partial charge on any atom is -0.459 e. The van der Waals surface area contributed by atoms with Gasteiger partial charge in [-0.15, -0.1) is 0 Å². The van der Waals surface area contributed by atoms with Gasteiger partial charge in [-0.3, -0.25) is 0 Å². The Kier molecular flexibility index (Phi) is 4.24. The number of benzene rings is 1. The molecule has 0 aliphatic rings. The van der Waals surface area contributed by atoms with Crippen molar-refractivity contribution in [2.24, 2.45) is 0 Å². The van der Waals surface area contributed by atoms with Gasteiger partial charge in [-0.2, -0.15) is 0 Å². The van der Waals surface area contributed by atoms with Crippen LogP contribution in [0.5, 0.6) is 0 Å². The molecule has 0 unspecified atom stereocenters. The van der Waals surface area contributed by atoms with Crippen LogP contribution in [0.2, 0.25) is 0 Å². The highest BCUT2D eigenvalue weighted by atomic mass is 16.3. The average Bonchev–Trinajstić information content (AvgIpc) is 2.67. The quantitative estimate of drug-likeness (QED) is 0.806. The van der Waals surface area contributed by atoms with Crippen molar-refractivity contribution in [3.8, 4) is 0 Å². The largest absolute Gasteiger partial charge is 0.459 e. The van der Waals surface area contributed by atoms with Crippen LogP contribution >= 0.6 is 0 Å². The lowest BCUT2D eigenvalue weighted by Crippen LogP contribution is -2.13. The third kappa shape index (κ3) is 2.90. The van der Waals surface area contributed by atoms with Gasteiger partial charge < -0.3 is 9.73 Å². The van der Waals surface area contributed by atoms with E-state index in [2.05, 4.69) is 59.0 Å². The SMILES string of the molecule is CCCNCc1oc2c(C)cc(C(C)(C)C)cc2c1C. The Hall–Kier alpha value is -1.28. The summed E-state index contributed by atoms with van der Waals surface area (Å²) in [6.07, 6.45) is 1.15. The first-order valence-electron chi connectivity index (χ1n) is 7.58. The topological polar surface area (TPSA) is 25.2 Å². The molecule has 1 heterocycles. The van der Waals surface area contributed by atoms with E-state index in [0.29, 0.717) is 0 Å². The first-order chi connectivity index (χ1) is 9.34. The molecule has 1 aromatic heterocycles. The highest BCUT2D eigenvalue weighted by Crippen LogP contribution is 2.33. The van der Waals surface area contributed by atoms with E-state index in [-0.39, 0.29) is 5.41 Å². The molecule has 1 aromatic carbocycles. The van der Waals surface area contributed by atoms with Crippen LogP contribution in [0.3, 0.4) is 0 Å². The van der Waals surface area contributed by atoms with Crippen LogP contribution in [-0.2, 0) is 12.0 Å². The summed E-state index contributed by atoms with van der Waals surface area (Å²) in [7, 11) is 0. The Bertz CT molecular complexity index is 602. The highest BCUT2D eigenvalue weighted by Gasteiger charge is 2.19. The van der Waals surface area contributed by atoms with Gasteiger partial charge in [0.05, 0.1) is 6.54 Å². The van der Waals surface area contributed by atoms with E-state index < -0.39 is 0 Å². The number of rotatable bonds is 4.